The molecule has 2 unspecified atom stereocenters. The van der Waals surface area contributed by atoms with Crippen LogP contribution in [0.4, 0.5) is 57.1 Å². The van der Waals surface area contributed by atoms with Crippen LogP contribution < -0.4 is 0 Å². The second-order valence-electron chi connectivity index (χ2n) is 6.36. The predicted molar refractivity (Wildman–Crippen MR) is 93.0 cm³/mol. The number of carbonyl (C=O) groups excluding carboxylic acids is 1. The normalized spacial score (nSPS) is 14.6. The van der Waals surface area contributed by atoms with Crippen molar-refractivity contribution in [1.82, 2.24) is 0 Å². The lowest BCUT2D eigenvalue weighted by molar-refractivity contribution is -0.399. The Morgan fingerprint density at radius 3 is 1.71 bits per heavy atom. The van der Waals surface area contributed by atoms with Crippen LogP contribution in [0.3, 0.4) is 0 Å². The van der Waals surface area contributed by atoms with Crippen LogP contribution >= 0.6 is 0 Å². The molecule has 2 atom stereocenters. The molecular weight excluding hydrogens is 507 g/mol. The number of hydrogen-bond acceptors (Lipinski definition) is 2. The van der Waals surface area contributed by atoms with E-state index in [0.29, 0.717) is 12.5 Å². The van der Waals surface area contributed by atoms with E-state index in [0.717, 1.165) is 0 Å². The van der Waals surface area contributed by atoms with E-state index in [1.807, 2.05) is 0 Å². The van der Waals surface area contributed by atoms with Crippen molar-refractivity contribution in [3.8, 4) is 0 Å². The third-order valence-corrected chi connectivity index (χ3v) is 3.77. The molecule has 0 N–H and O–H groups in total. The second kappa shape index (κ2) is 11.1. The van der Waals surface area contributed by atoms with Crippen LogP contribution in [0.15, 0.2) is 43.0 Å². The minimum Gasteiger partial charge on any atom is -0.421 e. The minimum atomic E-state index is -7.49. The van der Waals surface area contributed by atoms with Gasteiger partial charge in [-0.3, -0.25) is 0 Å². The predicted octanol–water partition coefficient (Wildman–Crippen LogP) is 7.01. The van der Waals surface area contributed by atoms with E-state index in [4.69, 9.17) is 0 Å². The minimum absolute atomic E-state index is 0.215. The molecule has 0 spiro atoms. The maximum Gasteiger partial charge on any atom is 0.385 e. The molecule has 0 aliphatic carbocycles. The number of halogens is 13. The van der Waals surface area contributed by atoms with Crippen molar-refractivity contribution in [2.75, 3.05) is 0 Å². The summed E-state index contributed by atoms with van der Waals surface area (Å²) in [6.45, 7) is 6.86. The van der Waals surface area contributed by atoms with E-state index in [-0.39, 0.29) is 5.82 Å². The summed E-state index contributed by atoms with van der Waals surface area (Å²) in [5, 5.41) is 0. The van der Waals surface area contributed by atoms with Crippen LogP contribution in [0.2, 0.25) is 0 Å². The zero-order valence-electron chi connectivity index (χ0n) is 16.8. The van der Waals surface area contributed by atoms with Crippen molar-refractivity contribution in [2.45, 2.75) is 49.6 Å². The molecular formula is C19H15F13O2. The molecule has 0 heterocycles. The zero-order chi connectivity index (χ0) is 27.3. The summed E-state index contributed by atoms with van der Waals surface area (Å²) in [6, 6.07) is 6.53. The standard InChI is InChI=1S/C11H8F12O2.C8H7F/c1-3(2)6(24)25-7(15)9(18,19)11(22,23)10(20,21)8(16,17)4(12)5(13)14;1-2-7-5-3-4-6-8(7)9/h4-5,7H,1H2,2H3;2-6H,1H2. The molecule has 1 aromatic carbocycles. The van der Waals surface area contributed by atoms with Crippen LogP contribution in [0.5, 0.6) is 0 Å². The fraction of sp³-hybridized carbons (Fsp3) is 0.421. The first-order valence-electron chi connectivity index (χ1n) is 8.51. The number of alkyl halides is 12. The first-order chi connectivity index (χ1) is 15.2. The average Bonchev–Trinajstić information content (AvgIpc) is 2.73. The zero-order valence-corrected chi connectivity index (χ0v) is 16.8. The van der Waals surface area contributed by atoms with E-state index >= 15 is 0 Å². The van der Waals surface area contributed by atoms with Gasteiger partial charge in [0.2, 0.25) is 6.17 Å². The van der Waals surface area contributed by atoms with Crippen LogP contribution in [0.25, 0.3) is 6.08 Å². The first-order valence-corrected chi connectivity index (χ1v) is 8.51. The highest BCUT2D eigenvalue weighted by molar-refractivity contribution is 5.87. The van der Waals surface area contributed by atoms with Crippen LogP contribution in [-0.2, 0) is 9.53 Å². The average molecular weight is 522 g/mol. The molecule has 1 aromatic rings. The van der Waals surface area contributed by atoms with Gasteiger partial charge in [0.25, 0.3) is 6.43 Å². The summed E-state index contributed by atoms with van der Waals surface area (Å²) in [7, 11) is 0. The Kier molecular flexibility index (Phi) is 10.2. The Morgan fingerprint density at radius 1 is 0.912 bits per heavy atom. The lowest BCUT2D eigenvalue weighted by Crippen LogP contribution is -2.67. The van der Waals surface area contributed by atoms with Gasteiger partial charge in [0.05, 0.1) is 0 Å². The molecule has 0 aliphatic rings. The molecule has 15 heteroatoms. The lowest BCUT2D eigenvalue weighted by Gasteiger charge is -2.38. The number of ether oxygens (including phenoxy) is 1. The Balaban J connectivity index is 0.000000999. The van der Waals surface area contributed by atoms with Crippen molar-refractivity contribution in [3.05, 3.63) is 54.4 Å². The van der Waals surface area contributed by atoms with Gasteiger partial charge in [-0.25, -0.2) is 22.4 Å². The maximum absolute atomic E-state index is 13.2. The summed E-state index contributed by atoms with van der Waals surface area (Å²) in [6.07, 6.45) is -13.6. The molecule has 0 fully saturated rings. The highest BCUT2D eigenvalue weighted by Crippen LogP contribution is 2.56. The first kappa shape index (κ1) is 31.3. The van der Waals surface area contributed by atoms with E-state index in [2.05, 4.69) is 17.9 Å². The number of esters is 1. The van der Waals surface area contributed by atoms with Crippen molar-refractivity contribution in [1.29, 1.82) is 0 Å². The Labute approximate surface area is 183 Å². The van der Waals surface area contributed by atoms with Crippen molar-refractivity contribution in [2.24, 2.45) is 0 Å². The molecule has 0 aromatic heterocycles. The monoisotopic (exact) mass is 522 g/mol. The third kappa shape index (κ3) is 6.23. The van der Waals surface area contributed by atoms with E-state index in [1.165, 1.54) is 12.1 Å². The van der Waals surface area contributed by atoms with Gasteiger partial charge in [-0.2, -0.15) is 39.5 Å². The number of rotatable bonds is 9. The third-order valence-electron chi connectivity index (χ3n) is 3.77. The molecule has 0 aliphatic heterocycles. The molecule has 0 saturated carbocycles. The smallest absolute Gasteiger partial charge is 0.385 e. The molecule has 0 saturated heterocycles. The SMILES string of the molecule is C=C(C)C(=O)OC(F)C(F)(F)C(F)(F)C(F)(F)C(F)(F)C(F)C(F)F.C=Cc1ccccc1F. The highest BCUT2D eigenvalue weighted by Gasteiger charge is 2.85. The Bertz CT molecular complexity index is 868. The lowest BCUT2D eigenvalue weighted by atomic mass is 9.95. The van der Waals surface area contributed by atoms with Crippen molar-refractivity contribution in [3.63, 3.8) is 0 Å². The summed E-state index contributed by atoms with van der Waals surface area (Å²) in [4.78, 5) is 10.7. The molecule has 0 bridgehead atoms. The van der Waals surface area contributed by atoms with Gasteiger partial charge >= 0.3 is 36.0 Å². The van der Waals surface area contributed by atoms with E-state index in [9.17, 15) is 61.9 Å². The topological polar surface area (TPSA) is 26.3 Å². The molecule has 1 rings (SSSR count). The number of carbonyl (C=O) groups is 1. The van der Waals surface area contributed by atoms with Gasteiger partial charge in [-0.1, -0.05) is 37.4 Å². The number of hydrogen-bond donors (Lipinski definition) is 0. The van der Waals surface area contributed by atoms with E-state index in [1.54, 1.807) is 18.2 Å². The maximum atomic E-state index is 13.2. The molecule has 2 nitrogen and oxygen atoms in total. The van der Waals surface area contributed by atoms with Gasteiger partial charge in [-0.05, 0) is 13.0 Å². The summed E-state index contributed by atoms with van der Waals surface area (Å²) in [5.74, 6) is -31.1. The second-order valence-corrected chi connectivity index (χ2v) is 6.36. The van der Waals surface area contributed by atoms with Crippen LogP contribution in [-0.4, -0.2) is 48.6 Å². The highest BCUT2D eigenvalue weighted by atomic mass is 19.4. The van der Waals surface area contributed by atoms with Gasteiger partial charge in [0, 0.05) is 11.1 Å². The Morgan fingerprint density at radius 2 is 1.35 bits per heavy atom. The summed E-state index contributed by atoms with van der Waals surface area (Å²) >= 11 is 0. The van der Waals surface area contributed by atoms with Crippen LogP contribution in [0, 0.1) is 5.82 Å². The van der Waals surface area contributed by atoms with Gasteiger partial charge in [0.1, 0.15) is 5.82 Å². The molecule has 0 amide bonds. The molecule has 0 radical (unpaired) electrons. The Hall–Kier alpha value is -2.74. The summed E-state index contributed by atoms with van der Waals surface area (Å²) in [5.41, 5.74) is -0.308. The fourth-order valence-electron chi connectivity index (χ4n) is 1.80. The largest absolute Gasteiger partial charge is 0.421 e. The van der Waals surface area contributed by atoms with Crippen LogP contribution in [0.1, 0.15) is 12.5 Å². The fourth-order valence-corrected chi connectivity index (χ4v) is 1.80. The molecule has 194 valence electrons. The quantitative estimate of drug-likeness (QED) is 0.198. The number of benzene rings is 1. The van der Waals surface area contributed by atoms with Crippen molar-refractivity contribution >= 4 is 12.0 Å². The van der Waals surface area contributed by atoms with E-state index < -0.39 is 54.2 Å². The van der Waals surface area contributed by atoms with Crippen molar-refractivity contribution < 1.29 is 66.6 Å². The summed E-state index contributed by atoms with van der Waals surface area (Å²) < 4.78 is 169. The molecule has 34 heavy (non-hydrogen) atoms. The van der Waals surface area contributed by atoms with Gasteiger partial charge in [0.15, 0.2) is 0 Å². The van der Waals surface area contributed by atoms with Gasteiger partial charge < -0.3 is 4.74 Å². The van der Waals surface area contributed by atoms with Gasteiger partial charge in [-0.15, -0.1) is 0 Å².